The number of hydrogen-bond donors (Lipinski definition) is 0. The number of ether oxygens (including phenoxy) is 1. The van der Waals surface area contributed by atoms with Crippen LogP contribution in [0, 0.1) is 0 Å². The number of ketones is 1. The molecule has 3 rings (SSSR count). The second kappa shape index (κ2) is 8.00. The van der Waals surface area contributed by atoms with Gasteiger partial charge in [0.25, 0.3) is 0 Å². The molecular weight excluding hydrogens is 326 g/mol. The minimum Gasteiger partial charge on any atom is -0.490 e. The van der Waals surface area contributed by atoms with Crippen molar-refractivity contribution in [3.8, 4) is 5.75 Å². The van der Waals surface area contributed by atoms with E-state index in [-0.39, 0.29) is 17.8 Å². The van der Waals surface area contributed by atoms with Crippen LogP contribution in [-0.2, 0) is 4.79 Å². The molecular formula is C22H23NO3. The Hall–Kier alpha value is -2.88. The highest BCUT2D eigenvalue weighted by molar-refractivity contribution is 6.08. The number of allylic oxidation sites excluding steroid dienone is 1. The largest absolute Gasteiger partial charge is 0.490 e. The molecule has 1 amide bonds. The first-order valence-electron chi connectivity index (χ1n) is 8.93. The number of para-hydroxylation sites is 1. The molecule has 2 aromatic rings. The van der Waals surface area contributed by atoms with Crippen LogP contribution in [0.1, 0.15) is 42.6 Å². The smallest absolute Gasteiger partial charge is 0.227 e. The minimum atomic E-state index is -0.0992. The van der Waals surface area contributed by atoms with E-state index < -0.39 is 0 Å². The van der Waals surface area contributed by atoms with Crippen LogP contribution in [0.3, 0.4) is 0 Å². The lowest BCUT2D eigenvalue weighted by molar-refractivity contribution is -0.117. The number of anilines is 1. The van der Waals surface area contributed by atoms with E-state index in [0.717, 1.165) is 23.4 Å². The molecule has 0 unspecified atom stereocenters. The van der Waals surface area contributed by atoms with E-state index in [0.29, 0.717) is 18.5 Å². The molecule has 0 aliphatic carbocycles. The topological polar surface area (TPSA) is 46.6 Å². The zero-order chi connectivity index (χ0) is 18.5. The maximum atomic E-state index is 12.6. The molecule has 4 heteroatoms. The van der Waals surface area contributed by atoms with Gasteiger partial charge in [0, 0.05) is 29.8 Å². The molecule has 0 aromatic heterocycles. The van der Waals surface area contributed by atoms with Crippen LogP contribution in [0.4, 0.5) is 5.69 Å². The molecule has 0 spiro atoms. The molecule has 0 radical (unpaired) electrons. The fourth-order valence-electron chi connectivity index (χ4n) is 2.99. The van der Waals surface area contributed by atoms with E-state index in [2.05, 4.69) is 0 Å². The molecule has 4 nitrogen and oxygen atoms in total. The number of amides is 1. The predicted octanol–water partition coefficient (Wildman–Crippen LogP) is 4.50. The maximum absolute atomic E-state index is 12.6. The Bertz CT molecular complexity index is 839. The number of benzene rings is 2. The Morgan fingerprint density at radius 3 is 2.69 bits per heavy atom. The lowest BCUT2D eigenvalue weighted by Crippen LogP contribution is -2.23. The van der Waals surface area contributed by atoms with Gasteiger partial charge in [-0.1, -0.05) is 30.3 Å². The van der Waals surface area contributed by atoms with Gasteiger partial charge in [-0.2, -0.15) is 0 Å². The molecule has 0 saturated carbocycles. The van der Waals surface area contributed by atoms with Crippen molar-refractivity contribution in [2.45, 2.75) is 32.8 Å². The Kier molecular flexibility index (Phi) is 5.52. The number of rotatable bonds is 6. The summed E-state index contributed by atoms with van der Waals surface area (Å²) in [6.07, 6.45) is 4.82. The van der Waals surface area contributed by atoms with Gasteiger partial charge in [-0.15, -0.1) is 0 Å². The predicted molar refractivity (Wildman–Crippen MR) is 104 cm³/mol. The summed E-state index contributed by atoms with van der Waals surface area (Å²) in [5.41, 5.74) is 2.22. The average Bonchev–Trinajstić information content (AvgIpc) is 3.06. The molecule has 0 N–H and O–H groups in total. The minimum absolute atomic E-state index is 0.0648. The van der Waals surface area contributed by atoms with Crippen molar-refractivity contribution < 1.29 is 14.3 Å². The van der Waals surface area contributed by atoms with E-state index in [9.17, 15) is 9.59 Å². The fraction of sp³-hybridized carbons (Fsp3) is 0.273. The van der Waals surface area contributed by atoms with Gasteiger partial charge in [-0.25, -0.2) is 0 Å². The van der Waals surface area contributed by atoms with Gasteiger partial charge < -0.3 is 9.64 Å². The molecule has 1 aliphatic heterocycles. The Morgan fingerprint density at radius 2 is 1.96 bits per heavy atom. The molecule has 1 saturated heterocycles. The van der Waals surface area contributed by atoms with E-state index in [1.165, 1.54) is 0 Å². The van der Waals surface area contributed by atoms with E-state index >= 15 is 0 Å². The van der Waals surface area contributed by atoms with E-state index in [4.69, 9.17) is 4.74 Å². The number of nitrogens with zero attached hydrogens (tertiary/aromatic N) is 1. The highest BCUT2D eigenvalue weighted by atomic mass is 16.5. The van der Waals surface area contributed by atoms with Gasteiger partial charge >= 0.3 is 0 Å². The maximum Gasteiger partial charge on any atom is 0.227 e. The SMILES string of the molecule is CC(C)Oc1ccccc1/C=C/C(=O)c1cccc(N2CCCC2=O)c1. The van der Waals surface area contributed by atoms with Crippen molar-refractivity contribution in [2.75, 3.05) is 11.4 Å². The second-order valence-electron chi connectivity index (χ2n) is 6.60. The first-order valence-corrected chi connectivity index (χ1v) is 8.93. The third kappa shape index (κ3) is 4.20. The zero-order valence-corrected chi connectivity index (χ0v) is 15.1. The summed E-state index contributed by atoms with van der Waals surface area (Å²) in [5.74, 6) is 0.769. The van der Waals surface area contributed by atoms with Crippen molar-refractivity contribution in [3.05, 3.63) is 65.7 Å². The van der Waals surface area contributed by atoms with Gasteiger partial charge in [0.2, 0.25) is 5.91 Å². The van der Waals surface area contributed by atoms with E-state index in [1.54, 1.807) is 29.2 Å². The third-order valence-electron chi connectivity index (χ3n) is 4.21. The molecule has 26 heavy (non-hydrogen) atoms. The van der Waals surface area contributed by atoms with Crippen molar-refractivity contribution in [1.29, 1.82) is 0 Å². The van der Waals surface area contributed by atoms with Gasteiger partial charge in [-0.05, 0) is 50.6 Å². The fourth-order valence-corrected chi connectivity index (χ4v) is 2.99. The summed E-state index contributed by atoms with van der Waals surface area (Å²) in [6, 6.07) is 14.9. The number of carbonyl (C=O) groups is 2. The normalized spacial score (nSPS) is 14.4. The van der Waals surface area contributed by atoms with Crippen LogP contribution in [0.25, 0.3) is 6.08 Å². The number of hydrogen-bond acceptors (Lipinski definition) is 3. The number of carbonyl (C=O) groups excluding carboxylic acids is 2. The summed E-state index contributed by atoms with van der Waals surface area (Å²) in [5, 5.41) is 0. The first-order chi connectivity index (χ1) is 12.5. The van der Waals surface area contributed by atoms with Gasteiger partial charge in [0.1, 0.15) is 5.75 Å². The van der Waals surface area contributed by atoms with Crippen molar-refractivity contribution >= 4 is 23.5 Å². The quantitative estimate of drug-likeness (QED) is 0.570. The van der Waals surface area contributed by atoms with Crippen LogP contribution in [0.5, 0.6) is 5.75 Å². The van der Waals surface area contributed by atoms with Gasteiger partial charge in [0.15, 0.2) is 5.78 Å². The lowest BCUT2D eigenvalue weighted by atomic mass is 10.1. The van der Waals surface area contributed by atoms with E-state index in [1.807, 2.05) is 50.2 Å². The van der Waals surface area contributed by atoms with Crippen LogP contribution < -0.4 is 9.64 Å². The second-order valence-corrected chi connectivity index (χ2v) is 6.60. The third-order valence-corrected chi connectivity index (χ3v) is 4.21. The van der Waals surface area contributed by atoms with Crippen LogP contribution in [0.2, 0.25) is 0 Å². The van der Waals surface area contributed by atoms with Crippen LogP contribution in [-0.4, -0.2) is 24.3 Å². The molecule has 2 aromatic carbocycles. The standard InChI is InChI=1S/C22H23NO3/c1-16(2)26-21-10-4-3-7-17(21)12-13-20(24)18-8-5-9-19(15-18)23-14-6-11-22(23)25/h3-5,7-10,12-13,15-16H,6,11,14H2,1-2H3/b13-12+. The molecule has 0 bridgehead atoms. The monoisotopic (exact) mass is 349 g/mol. The molecule has 0 atom stereocenters. The molecule has 1 heterocycles. The summed E-state index contributed by atoms with van der Waals surface area (Å²) in [7, 11) is 0. The summed E-state index contributed by atoms with van der Waals surface area (Å²) < 4.78 is 5.78. The zero-order valence-electron chi connectivity index (χ0n) is 15.1. The molecule has 1 fully saturated rings. The Morgan fingerprint density at radius 1 is 1.15 bits per heavy atom. The van der Waals surface area contributed by atoms with Gasteiger partial charge in [0.05, 0.1) is 6.10 Å². The van der Waals surface area contributed by atoms with Crippen LogP contribution >= 0.6 is 0 Å². The van der Waals surface area contributed by atoms with Crippen molar-refractivity contribution in [3.63, 3.8) is 0 Å². The van der Waals surface area contributed by atoms with Crippen molar-refractivity contribution in [2.24, 2.45) is 0 Å². The average molecular weight is 349 g/mol. The highest BCUT2D eigenvalue weighted by Crippen LogP contribution is 2.24. The first kappa shape index (κ1) is 17.9. The highest BCUT2D eigenvalue weighted by Gasteiger charge is 2.22. The lowest BCUT2D eigenvalue weighted by Gasteiger charge is -2.16. The van der Waals surface area contributed by atoms with Gasteiger partial charge in [-0.3, -0.25) is 9.59 Å². The molecule has 1 aliphatic rings. The summed E-state index contributed by atoms with van der Waals surface area (Å²) >= 11 is 0. The van der Waals surface area contributed by atoms with Crippen LogP contribution in [0.15, 0.2) is 54.6 Å². The summed E-state index contributed by atoms with van der Waals surface area (Å²) in [6.45, 7) is 4.65. The molecule has 134 valence electrons. The van der Waals surface area contributed by atoms with Crippen molar-refractivity contribution in [1.82, 2.24) is 0 Å². The Labute approximate surface area is 154 Å². The Balaban J connectivity index is 1.78. The summed E-state index contributed by atoms with van der Waals surface area (Å²) in [4.78, 5) is 26.2.